The van der Waals surface area contributed by atoms with Crippen molar-refractivity contribution < 1.29 is 44.6 Å². The average molecular weight is 606 g/mol. The molecule has 0 aliphatic carbocycles. The van der Waals surface area contributed by atoms with E-state index in [4.69, 9.17) is 9.47 Å². The van der Waals surface area contributed by atoms with E-state index in [0.29, 0.717) is 42.9 Å². The summed E-state index contributed by atoms with van der Waals surface area (Å²) in [5.41, 5.74) is 0.657. The van der Waals surface area contributed by atoms with E-state index < -0.39 is 51.1 Å². The Morgan fingerprint density at radius 2 is 1.41 bits per heavy atom. The van der Waals surface area contributed by atoms with Crippen LogP contribution in [0, 0.1) is 0 Å². The molecule has 1 saturated heterocycles. The molecule has 228 valence electrons. The first kappa shape index (κ1) is 32.9. The normalized spacial score (nSPS) is 16.9. The molecule has 12 heteroatoms. The van der Waals surface area contributed by atoms with Crippen LogP contribution < -0.4 is 0 Å². The van der Waals surface area contributed by atoms with E-state index in [-0.39, 0.29) is 17.7 Å². The van der Waals surface area contributed by atoms with Crippen LogP contribution in [0.15, 0.2) is 53.4 Å². The van der Waals surface area contributed by atoms with E-state index in [1.54, 1.807) is 52.1 Å². The van der Waals surface area contributed by atoms with Crippen LogP contribution >= 0.6 is 0 Å². The lowest BCUT2D eigenvalue weighted by atomic mass is 9.95. The van der Waals surface area contributed by atoms with Crippen molar-refractivity contribution in [2.24, 2.45) is 0 Å². The first-order valence-corrected chi connectivity index (χ1v) is 14.7. The number of esters is 1. The predicted octanol–water partition coefficient (Wildman–Crippen LogP) is 6.08. The Hall–Kier alpha value is -2.57. The largest absolute Gasteiger partial charge is 0.459 e. The highest BCUT2D eigenvalue weighted by molar-refractivity contribution is 7.93. The zero-order valence-corrected chi connectivity index (χ0v) is 24.4. The number of methoxy groups -OCH3 is 1. The maximum absolute atomic E-state index is 14.0. The third-order valence-corrected chi connectivity index (χ3v) is 9.65. The molecule has 0 N–H and O–H groups in total. The lowest BCUT2D eigenvalue weighted by Crippen LogP contribution is -2.56. The van der Waals surface area contributed by atoms with Crippen molar-refractivity contribution in [2.75, 3.05) is 33.4 Å². The van der Waals surface area contributed by atoms with Crippen LogP contribution in [0.3, 0.4) is 0 Å². The fraction of sp³-hybridized carbons (Fsp3) is 0.552. The summed E-state index contributed by atoms with van der Waals surface area (Å²) in [5.74, 6) is -5.56. The smallest absolute Gasteiger partial charge is 0.453 e. The van der Waals surface area contributed by atoms with Gasteiger partial charge in [-0.15, -0.1) is 0 Å². The number of likely N-dealkylation sites (tertiary alicyclic amines) is 1. The van der Waals surface area contributed by atoms with Crippen molar-refractivity contribution in [3.63, 3.8) is 0 Å². The number of halogens is 5. The number of hydrogen-bond donors (Lipinski definition) is 0. The van der Waals surface area contributed by atoms with Gasteiger partial charge in [0, 0.05) is 33.2 Å². The molecular weight excluding hydrogens is 569 g/mol. The van der Waals surface area contributed by atoms with Gasteiger partial charge in [0.2, 0.25) is 0 Å². The van der Waals surface area contributed by atoms with Gasteiger partial charge in [0.05, 0.1) is 11.5 Å². The van der Waals surface area contributed by atoms with Crippen molar-refractivity contribution in [1.29, 1.82) is 0 Å². The van der Waals surface area contributed by atoms with Crippen molar-refractivity contribution in [1.82, 2.24) is 4.90 Å². The second-order valence-electron chi connectivity index (χ2n) is 11.3. The average Bonchev–Trinajstić information content (AvgIpc) is 2.89. The van der Waals surface area contributed by atoms with E-state index in [9.17, 15) is 35.2 Å². The molecule has 0 aromatic heterocycles. The fourth-order valence-electron chi connectivity index (χ4n) is 4.67. The van der Waals surface area contributed by atoms with Gasteiger partial charge >= 0.3 is 18.1 Å². The monoisotopic (exact) mass is 605 g/mol. The summed E-state index contributed by atoms with van der Waals surface area (Å²) in [6.45, 7) is 6.89. The minimum Gasteiger partial charge on any atom is -0.459 e. The van der Waals surface area contributed by atoms with Crippen LogP contribution in [0.5, 0.6) is 0 Å². The minimum atomic E-state index is -5.60. The van der Waals surface area contributed by atoms with Gasteiger partial charge in [-0.1, -0.05) is 36.4 Å². The molecule has 0 unspecified atom stereocenters. The number of carbonyl (C=O) groups excluding carboxylic acids is 1. The molecule has 3 rings (SSSR count). The standard InChI is InChI=1S/C29H36F5NO5S/c1-26(2,3)40-25(36)27(15-17-35(18-16-27)19-20-39-4)41(37,38)24-11-9-23(10-12-24)22-7-5-21(6-8-22)13-14-28(30,31)29(32,33)34/h5-12H,13-20H2,1-4H3. The summed E-state index contributed by atoms with van der Waals surface area (Å²) >= 11 is 0. The number of aryl methyl sites for hydroxylation is 1. The molecule has 0 spiro atoms. The molecule has 2 aromatic rings. The number of carbonyl (C=O) groups is 1. The first-order chi connectivity index (χ1) is 18.9. The Labute approximate surface area is 237 Å². The number of benzene rings is 2. The van der Waals surface area contributed by atoms with Crippen LogP contribution in [-0.2, 0) is 30.5 Å². The molecule has 0 atom stereocenters. The van der Waals surface area contributed by atoms with Crippen LogP contribution in [0.1, 0.15) is 45.6 Å². The van der Waals surface area contributed by atoms with E-state index in [0.717, 1.165) is 0 Å². The summed E-state index contributed by atoms with van der Waals surface area (Å²) in [5, 5.41) is 0. The van der Waals surface area contributed by atoms with Gasteiger partial charge in [-0.05, 0) is 68.9 Å². The van der Waals surface area contributed by atoms with E-state index in [1.165, 1.54) is 24.3 Å². The third kappa shape index (κ3) is 7.64. The van der Waals surface area contributed by atoms with Crippen LogP contribution in [0.25, 0.3) is 11.1 Å². The lowest BCUT2D eigenvalue weighted by molar-refractivity contribution is -0.284. The van der Waals surface area contributed by atoms with Gasteiger partial charge in [-0.25, -0.2) is 8.42 Å². The maximum atomic E-state index is 14.0. The second-order valence-corrected chi connectivity index (χ2v) is 13.5. The number of ether oxygens (including phenoxy) is 2. The summed E-state index contributed by atoms with van der Waals surface area (Å²) in [6.07, 6.45) is -7.29. The number of nitrogens with zero attached hydrogens (tertiary/aromatic N) is 1. The highest BCUT2D eigenvalue weighted by Gasteiger charge is 2.57. The van der Waals surface area contributed by atoms with Crippen LogP contribution in [0.2, 0.25) is 0 Å². The Balaban J connectivity index is 1.82. The van der Waals surface area contributed by atoms with Gasteiger partial charge in [0.15, 0.2) is 14.6 Å². The molecular formula is C29H36F5NO5S. The molecule has 0 saturated carbocycles. The Bertz CT molecular complexity index is 1280. The van der Waals surface area contributed by atoms with Gasteiger partial charge < -0.3 is 14.4 Å². The van der Waals surface area contributed by atoms with E-state index >= 15 is 0 Å². The Kier molecular flexibility index (Phi) is 9.92. The molecule has 1 heterocycles. The molecule has 1 fully saturated rings. The maximum Gasteiger partial charge on any atom is 0.453 e. The summed E-state index contributed by atoms with van der Waals surface area (Å²) in [6, 6.07) is 12.0. The van der Waals surface area contributed by atoms with Crippen molar-refractivity contribution in [3.05, 3.63) is 54.1 Å². The van der Waals surface area contributed by atoms with Crippen molar-refractivity contribution >= 4 is 15.8 Å². The van der Waals surface area contributed by atoms with Crippen LogP contribution in [-0.4, -0.2) is 75.1 Å². The van der Waals surface area contributed by atoms with E-state index in [2.05, 4.69) is 0 Å². The minimum absolute atomic E-state index is 0.0385. The zero-order valence-electron chi connectivity index (χ0n) is 23.6. The Morgan fingerprint density at radius 3 is 1.88 bits per heavy atom. The first-order valence-electron chi connectivity index (χ1n) is 13.3. The Morgan fingerprint density at radius 1 is 0.902 bits per heavy atom. The number of rotatable bonds is 10. The molecule has 6 nitrogen and oxygen atoms in total. The van der Waals surface area contributed by atoms with Gasteiger partial charge in [0.1, 0.15) is 5.60 Å². The number of sulfone groups is 1. The second kappa shape index (κ2) is 12.3. The summed E-state index contributed by atoms with van der Waals surface area (Å²) in [7, 11) is -2.59. The van der Waals surface area contributed by atoms with E-state index in [1.807, 2.05) is 4.90 Å². The molecule has 0 radical (unpaired) electrons. The van der Waals surface area contributed by atoms with Crippen molar-refractivity contribution in [3.8, 4) is 11.1 Å². The third-order valence-electron chi connectivity index (χ3n) is 7.15. The topological polar surface area (TPSA) is 72.9 Å². The predicted molar refractivity (Wildman–Crippen MR) is 145 cm³/mol. The quantitative estimate of drug-likeness (QED) is 0.242. The van der Waals surface area contributed by atoms with Gasteiger partial charge in [0.25, 0.3) is 0 Å². The highest BCUT2D eigenvalue weighted by Crippen LogP contribution is 2.40. The number of piperidine rings is 1. The molecule has 2 aromatic carbocycles. The summed E-state index contributed by atoms with van der Waals surface area (Å²) in [4.78, 5) is 15.4. The number of hydrogen-bond acceptors (Lipinski definition) is 6. The summed E-state index contributed by atoms with van der Waals surface area (Å²) < 4.78 is 101. The van der Waals surface area contributed by atoms with Crippen LogP contribution in [0.4, 0.5) is 22.0 Å². The van der Waals surface area contributed by atoms with Gasteiger partial charge in [-0.3, -0.25) is 4.79 Å². The molecule has 0 bridgehead atoms. The number of alkyl halides is 5. The molecule has 1 aliphatic rings. The fourth-order valence-corrected chi connectivity index (χ4v) is 6.60. The van der Waals surface area contributed by atoms with Crippen molar-refractivity contribution in [2.45, 2.75) is 73.8 Å². The molecule has 1 aliphatic heterocycles. The van der Waals surface area contributed by atoms with Gasteiger partial charge in [-0.2, -0.15) is 22.0 Å². The molecule has 41 heavy (non-hydrogen) atoms. The highest BCUT2D eigenvalue weighted by atomic mass is 32.2. The SMILES string of the molecule is COCCN1CCC(C(=O)OC(C)(C)C)(S(=O)(=O)c2ccc(-c3ccc(CCC(F)(F)C(F)(F)F)cc3)cc2)CC1. The molecule has 0 amide bonds. The zero-order chi connectivity index (χ0) is 30.7. The lowest BCUT2D eigenvalue weighted by Gasteiger charge is -2.40.